The van der Waals surface area contributed by atoms with Crippen molar-refractivity contribution in [3.8, 4) is 0 Å². The molecule has 0 atom stereocenters. The number of nitrogens with zero attached hydrogens (tertiary/aromatic N) is 2. The van der Waals surface area contributed by atoms with Gasteiger partial charge in [-0.25, -0.2) is 0 Å². The number of nitrogens with one attached hydrogen (secondary N) is 2. The fourth-order valence-electron chi connectivity index (χ4n) is 2.23. The monoisotopic (exact) mass is 307 g/mol. The summed E-state index contributed by atoms with van der Waals surface area (Å²) in [6.45, 7) is 4.19. The lowest BCUT2D eigenvalue weighted by Crippen LogP contribution is -2.32. The normalized spacial score (nSPS) is 13.8. The lowest BCUT2D eigenvalue weighted by Gasteiger charge is -2.15. The number of nitrogens with two attached hydrogens (primary N) is 1. The van der Waals surface area contributed by atoms with Crippen molar-refractivity contribution in [3.05, 3.63) is 16.8 Å². The van der Waals surface area contributed by atoms with Gasteiger partial charge < -0.3 is 16.4 Å². The third kappa shape index (κ3) is 3.87. The Morgan fingerprint density at radius 3 is 2.57 bits per heavy atom. The van der Waals surface area contributed by atoms with Crippen molar-refractivity contribution in [2.24, 2.45) is 5.73 Å². The average molecular weight is 307 g/mol. The van der Waals surface area contributed by atoms with E-state index in [0.717, 1.165) is 36.9 Å². The first-order chi connectivity index (χ1) is 10.1. The number of aromatic nitrogens is 2. The number of carbonyl (C=O) groups is 1. The number of hydrogen-bond acceptors (Lipinski definition) is 5. The van der Waals surface area contributed by atoms with Crippen LogP contribution in [0, 0.1) is 0 Å². The van der Waals surface area contributed by atoms with Crippen LogP contribution in [0.4, 0.5) is 5.82 Å². The summed E-state index contributed by atoms with van der Waals surface area (Å²) in [4.78, 5) is 12.0. The Hall–Kier alpha value is -1.76. The average Bonchev–Trinajstić information content (AvgIpc) is 3.27. The van der Waals surface area contributed by atoms with Gasteiger partial charge in [0.1, 0.15) is 4.99 Å². The molecule has 0 unspecified atom stereocenters. The Bertz CT molecular complexity index is 557. The minimum absolute atomic E-state index is 0.0502. The quantitative estimate of drug-likeness (QED) is 0.649. The van der Waals surface area contributed by atoms with Crippen molar-refractivity contribution in [3.63, 3.8) is 0 Å². The number of aryl methyl sites for hydroxylation is 1. The lowest BCUT2D eigenvalue weighted by atomic mass is 10.0. The van der Waals surface area contributed by atoms with Crippen LogP contribution in [0.1, 0.15) is 43.5 Å². The molecule has 6 nitrogen and oxygen atoms in total. The van der Waals surface area contributed by atoms with Crippen LogP contribution in [-0.2, 0) is 17.6 Å². The molecule has 114 valence electrons. The van der Waals surface area contributed by atoms with E-state index < -0.39 is 0 Å². The highest BCUT2D eigenvalue weighted by Crippen LogP contribution is 2.21. The van der Waals surface area contributed by atoms with Gasteiger partial charge in [0.25, 0.3) is 0 Å². The molecule has 1 aliphatic rings. The van der Waals surface area contributed by atoms with Gasteiger partial charge in [-0.2, -0.15) is 5.10 Å². The zero-order chi connectivity index (χ0) is 15.4. The van der Waals surface area contributed by atoms with Crippen molar-refractivity contribution >= 4 is 28.9 Å². The number of rotatable bonds is 7. The molecular formula is C14H21N5OS. The fraction of sp³-hybridized carbons (Fsp3) is 0.571. The van der Waals surface area contributed by atoms with Gasteiger partial charge in [-0.3, -0.25) is 4.79 Å². The maximum atomic E-state index is 11.7. The van der Waals surface area contributed by atoms with Crippen molar-refractivity contribution in [1.82, 2.24) is 15.5 Å². The lowest BCUT2D eigenvalue weighted by molar-refractivity contribution is -0.119. The smallest absolute Gasteiger partial charge is 0.239 e. The second-order valence-electron chi connectivity index (χ2n) is 5.12. The zero-order valence-corrected chi connectivity index (χ0v) is 13.2. The molecule has 7 heteroatoms. The summed E-state index contributed by atoms with van der Waals surface area (Å²) in [6.07, 6.45) is 3.67. The Labute approximate surface area is 129 Å². The molecule has 1 aromatic heterocycles. The van der Waals surface area contributed by atoms with Crippen molar-refractivity contribution in [2.45, 2.75) is 45.6 Å². The van der Waals surface area contributed by atoms with E-state index in [9.17, 15) is 4.79 Å². The number of amides is 1. The summed E-state index contributed by atoms with van der Waals surface area (Å²) in [5, 5.41) is 14.3. The molecule has 2 rings (SSSR count). The van der Waals surface area contributed by atoms with Crippen LogP contribution in [0.15, 0.2) is 0 Å². The molecule has 1 heterocycles. The van der Waals surface area contributed by atoms with Crippen molar-refractivity contribution in [2.75, 3.05) is 11.9 Å². The van der Waals surface area contributed by atoms with Gasteiger partial charge in [0.2, 0.25) is 5.91 Å². The van der Waals surface area contributed by atoms with Gasteiger partial charge in [-0.1, -0.05) is 26.1 Å². The topological polar surface area (TPSA) is 92.9 Å². The van der Waals surface area contributed by atoms with Gasteiger partial charge in [-0.05, 0) is 31.2 Å². The van der Waals surface area contributed by atoms with E-state index in [2.05, 4.69) is 20.8 Å². The van der Waals surface area contributed by atoms with Crippen LogP contribution < -0.4 is 16.4 Å². The minimum Gasteiger partial charge on any atom is -0.389 e. The van der Waals surface area contributed by atoms with Crippen LogP contribution in [0.2, 0.25) is 0 Å². The van der Waals surface area contributed by atoms with E-state index in [-0.39, 0.29) is 17.4 Å². The van der Waals surface area contributed by atoms with Crippen molar-refractivity contribution in [1.29, 1.82) is 0 Å². The molecule has 0 spiro atoms. The van der Waals surface area contributed by atoms with Crippen LogP contribution in [0.5, 0.6) is 0 Å². The predicted octanol–water partition coefficient (Wildman–Crippen LogP) is 0.926. The summed E-state index contributed by atoms with van der Waals surface area (Å²) in [5.74, 6) is 0.438. The van der Waals surface area contributed by atoms with E-state index in [0.29, 0.717) is 17.4 Å². The van der Waals surface area contributed by atoms with Crippen LogP contribution in [0.25, 0.3) is 0 Å². The second-order valence-corrected chi connectivity index (χ2v) is 5.56. The SMILES string of the molecule is CCc1nnc(NCC(=O)NC2CC2)c(C(N)=S)c1CC. The van der Waals surface area contributed by atoms with E-state index in [4.69, 9.17) is 18.0 Å². The van der Waals surface area contributed by atoms with Gasteiger partial charge in [0.05, 0.1) is 17.8 Å². The third-order valence-corrected chi connectivity index (χ3v) is 3.66. The van der Waals surface area contributed by atoms with Gasteiger partial charge in [0, 0.05) is 6.04 Å². The fourth-order valence-corrected chi connectivity index (χ4v) is 2.45. The molecule has 0 aliphatic heterocycles. The standard InChI is InChI=1S/C14H21N5OS/c1-3-9-10(4-2)18-19-14(12(9)13(15)21)16-7-11(20)17-8-5-6-8/h8H,3-7H2,1-2H3,(H2,15,21)(H,16,19)(H,17,20). The highest BCUT2D eigenvalue weighted by Gasteiger charge is 2.23. The second kappa shape index (κ2) is 6.80. The summed E-state index contributed by atoms with van der Waals surface area (Å²) in [6, 6.07) is 0.342. The highest BCUT2D eigenvalue weighted by atomic mass is 32.1. The van der Waals surface area contributed by atoms with Crippen LogP contribution in [-0.4, -0.2) is 33.7 Å². The molecule has 1 amide bonds. The Balaban J connectivity index is 2.17. The van der Waals surface area contributed by atoms with Crippen molar-refractivity contribution < 1.29 is 4.79 Å². The van der Waals surface area contributed by atoms with Gasteiger partial charge >= 0.3 is 0 Å². The molecule has 1 aromatic rings. The molecule has 4 N–H and O–H groups in total. The molecule has 1 aliphatic carbocycles. The Morgan fingerprint density at radius 2 is 2.05 bits per heavy atom. The highest BCUT2D eigenvalue weighted by molar-refractivity contribution is 7.80. The number of hydrogen-bond donors (Lipinski definition) is 3. The van der Waals surface area contributed by atoms with E-state index in [1.165, 1.54) is 0 Å². The Kier molecular flexibility index (Phi) is 5.06. The maximum absolute atomic E-state index is 11.7. The summed E-state index contributed by atoms with van der Waals surface area (Å²) in [5.41, 5.74) is 8.44. The zero-order valence-electron chi connectivity index (χ0n) is 12.4. The summed E-state index contributed by atoms with van der Waals surface area (Å²) >= 11 is 5.14. The third-order valence-electron chi connectivity index (χ3n) is 3.45. The maximum Gasteiger partial charge on any atom is 0.239 e. The van der Waals surface area contributed by atoms with E-state index >= 15 is 0 Å². The molecule has 1 saturated carbocycles. The first-order valence-corrected chi connectivity index (χ1v) is 7.69. The molecule has 0 saturated heterocycles. The van der Waals surface area contributed by atoms with Crippen LogP contribution >= 0.6 is 12.2 Å². The Morgan fingerprint density at radius 1 is 1.33 bits per heavy atom. The summed E-state index contributed by atoms with van der Waals surface area (Å²) < 4.78 is 0. The van der Waals surface area contributed by atoms with E-state index in [1.807, 2.05) is 13.8 Å². The molecule has 1 fully saturated rings. The van der Waals surface area contributed by atoms with Gasteiger partial charge in [0.15, 0.2) is 5.82 Å². The molecule has 21 heavy (non-hydrogen) atoms. The molecule has 0 radical (unpaired) electrons. The molecular weight excluding hydrogens is 286 g/mol. The van der Waals surface area contributed by atoms with E-state index in [1.54, 1.807) is 0 Å². The molecule has 0 aromatic carbocycles. The molecule has 0 bridgehead atoms. The predicted molar refractivity (Wildman–Crippen MR) is 86.3 cm³/mol. The number of thiocarbonyl (C=S) groups is 1. The van der Waals surface area contributed by atoms with Gasteiger partial charge in [-0.15, -0.1) is 5.10 Å². The number of anilines is 1. The number of carbonyl (C=O) groups excluding carboxylic acids is 1. The first kappa shape index (κ1) is 15.6. The van der Waals surface area contributed by atoms with Crippen LogP contribution in [0.3, 0.4) is 0 Å². The first-order valence-electron chi connectivity index (χ1n) is 7.28. The minimum atomic E-state index is -0.0502. The largest absolute Gasteiger partial charge is 0.389 e. The summed E-state index contributed by atoms with van der Waals surface area (Å²) in [7, 11) is 0.